The van der Waals surface area contributed by atoms with Crippen molar-refractivity contribution in [1.82, 2.24) is 5.32 Å². The number of nitrogens with one attached hydrogen (secondary N) is 1. The summed E-state index contributed by atoms with van der Waals surface area (Å²) in [7, 11) is 0. The van der Waals surface area contributed by atoms with E-state index < -0.39 is 0 Å². The summed E-state index contributed by atoms with van der Waals surface area (Å²) in [6.07, 6.45) is 3.24. The summed E-state index contributed by atoms with van der Waals surface area (Å²) in [5.74, 6) is 0.00287. The van der Waals surface area contributed by atoms with Gasteiger partial charge in [0.15, 0.2) is 0 Å². The molecule has 1 atom stereocenters. The third kappa shape index (κ3) is 2.85. The van der Waals surface area contributed by atoms with Crippen molar-refractivity contribution in [1.29, 1.82) is 0 Å². The number of carbonyl (C=O) groups excluding carboxylic acids is 1. The monoisotopic (exact) mass is 413 g/mol. The van der Waals surface area contributed by atoms with E-state index in [4.69, 9.17) is 0 Å². The number of hydrogen-bond donors (Lipinski definition) is 1. The number of rotatable bonds is 2. The van der Waals surface area contributed by atoms with E-state index in [1.807, 2.05) is 12.1 Å². The molecule has 104 valence electrons. The molecule has 0 fully saturated rings. The Kier molecular flexibility index (Phi) is 4.29. The topological polar surface area (TPSA) is 29.1 Å². The summed E-state index contributed by atoms with van der Waals surface area (Å²) in [5, 5.41) is 3.16. The predicted molar refractivity (Wildman–Crippen MR) is 89.3 cm³/mol. The van der Waals surface area contributed by atoms with Gasteiger partial charge in [-0.2, -0.15) is 0 Å². The first kappa shape index (κ1) is 14.3. The van der Waals surface area contributed by atoms with Gasteiger partial charge in [0.25, 0.3) is 5.91 Å². The molecular formula is C15H13Br2NOS. The molecule has 2 aromatic rings. The number of fused-ring (bicyclic) bond motifs is 1. The number of amides is 1. The third-order valence-electron chi connectivity index (χ3n) is 3.54. The fourth-order valence-electron chi connectivity index (χ4n) is 2.59. The highest BCUT2D eigenvalue weighted by molar-refractivity contribution is 9.13. The van der Waals surface area contributed by atoms with Gasteiger partial charge in [-0.15, -0.1) is 11.3 Å². The van der Waals surface area contributed by atoms with E-state index in [0.717, 1.165) is 32.4 Å². The summed E-state index contributed by atoms with van der Waals surface area (Å²) in [6.45, 7) is 0. The average molecular weight is 415 g/mol. The molecule has 0 saturated heterocycles. The van der Waals surface area contributed by atoms with Crippen LogP contribution in [0.4, 0.5) is 0 Å². The zero-order valence-corrected chi connectivity index (χ0v) is 14.6. The van der Waals surface area contributed by atoms with Gasteiger partial charge in [-0.1, -0.05) is 24.3 Å². The van der Waals surface area contributed by atoms with E-state index in [9.17, 15) is 4.79 Å². The lowest BCUT2D eigenvalue weighted by Crippen LogP contribution is -2.30. The van der Waals surface area contributed by atoms with Gasteiger partial charge in [0.2, 0.25) is 0 Å². The fraction of sp³-hybridized carbons (Fsp3) is 0.267. The van der Waals surface area contributed by atoms with Crippen LogP contribution in [0.25, 0.3) is 0 Å². The van der Waals surface area contributed by atoms with Crippen molar-refractivity contribution < 1.29 is 4.79 Å². The van der Waals surface area contributed by atoms with Crippen LogP contribution < -0.4 is 5.32 Å². The Morgan fingerprint density at radius 1 is 1.30 bits per heavy atom. The second-order valence-electron chi connectivity index (χ2n) is 4.85. The van der Waals surface area contributed by atoms with Gasteiger partial charge >= 0.3 is 0 Å². The number of thiophene rings is 1. The van der Waals surface area contributed by atoms with Crippen molar-refractivity contribution in [3.63, 3.8) is 0 Å². The second-order valence-corrected chi connectivity index (χ2v) is 8.07. The third-order valence-corrected chi connectivity index (χ3v) is 6.80. The van der Waals surface area contributed by atoms with Crippen molar-refractivity contribution >= 4 is 49.1 Å². The van der Waals surface area contributed by atoms with Crippen molar-refractivity contribution in [2.75, 3.05) is 0 Å². The van der Waals surface area contributed by atoms with E-state index >= 15 is 0 Å². The second kappa shape index (κ2) is 6.00. The van der Waals surface area contributed by atoms with Crippen LogP contribution in [0.5, 0.6) is 0 Å². The Morgan fingerprint density at radius 2 is 2.10 bits per heavy atom. The highest BCUT2D eigenvalue weighted by Gasteiger charge is 2.22. The molecule has 3 rings (SSSR count). The predicted octanol–water partition coefficient (Wildman–Crippen LogP) is 5.08. The molecule has 1 amide bonds. The zero-order valence-electron chi connectivity index (χ0n) is 10.7. The fourth-order valence-corrected chi connectivity index (χ4v) is 4.53. The quantitative estimate of drug-likeness (QED) is 0.729. The molecule has 0 saturated carbocycles. The number of hydrogen-bond acceptors (Lipinski definition) is 2. The molecule has 20 heavy (non-hydrogen) atoms. The van der Waals surface area contributed by atoms with Crippen molar-refractivity contribution in [3.05, 3.63) is 54.6 Å². The smallest absolute Gasteiger partial charge is 0.261 e. The Labute approximate surface area is 138 Å². The summed E-state index contributed by atoms with van der Waals surface area (Å²) >= 11 is 8.30. The standard InChI is InChI=1S/C15H13Br2NOS/c16-11-8-13(20-14(11)17)15(19)18-12-7-3-5-9-4-1-2-6-10(9)12/h1-2,4,6,8,12H,3,5,7H2,(H,18,19). The average Bonchev–Trinajstić information content (AvgIpc) is 2.79. The lowest BCUT2D eigenvalue weighted by atomic mass is 9.88. The highest BCUT2D eigenvalue weighted by Crippen LogP contribution is 2.34. The molecule has 0 aliphatic heterocycles. The van der Waals surface area contributed by atoms with Crippen molar-refractivity contribution in [3.8, 4) is 0 Å². The summed E-state index contributed by atoms with van der Waals surface area (Å²) in [5.41, 5.74) is 2.62. The van der Waals surface area contributed by atoms with E-state index in [2.05, 4.69) is 55.4 Å². The largest absolute Gasteiger partial charge is 0.345 e. The molecule has 1 N–H and O–H groups in total. The van der Waals surface area contributed by atoms with Crippen molar-refractivity contribution in [2.45, 2.75) is 25.3 Å². The van der Waals surface area contributed by atoms with Crippen LogP contribution in [0, 0.1) is 0 Å². The SMILES string of the molecule is O=C(NC1CCCc2ccccc21)c1cc(Br)c(Br)s1. The van der Waals surface area contributed by atoms with Crippen molar-refractivity contribution in [2.24, 2.45) is 0 Å². The Morgan fingerprint density at radius 3 is 2.85 bits per heavy atom. The number of aryl methyl sites for hydroxylation is 1. The molecule has 1 aliphatic rings. The van der Waals surface area contributed by atoms with Crippen LogP contribution in [-0.2, 0) is 6.42 Å². The summed E-state index contributed by atoms with van der Waals surface area (Å²) in [6, 6.07) is 10.4. The highest BCUT2D eigenvalue weighted by atomic mass is 79.9. The normalized spacial score (nSPS) is 17.6. The Balaban J connectivity index is 1.80. The summed E-state index contributed by atoms with van der Waals surface area (Å²) < 4.78 is 1.88. The maximum Gasteiger partial charge on any atom is 0.261 e. The lowest BCUT2D eigenvalue weighted by molar-refractivity contribution is 0.0937. The van der Waals surface area contributed by atoms with E-state index in [1.165, 1.54) is 22.5 Å². The molecule has 1 heterocycles. The molecule has 0 bridgehead atoms. The number of benzene rings is 1. The van der Waals surface area contributed by atoms with Gasteiger partial charge in [0.1, 0.15) is 0 Å². The van der Waals surface area contributed by atoms with Gasteiger partial charge < -0.3 is 5.32 Å². The first-order valence-corrected chi connectivity index (χ1v) is 8.89. The van der Waals surface area contributed by atoms with E-state index in [-0.39, 0.29) is 11.9 Å². The molecule has 2 nitrogen and oxygen atoms in total. The van der Waals surface area contributed by atoms with Crippen LogP contribution in [0.2, 0.25) is 0 Å². The molecule has 5 heteroatoms. The minimum absolute atomic E-state index is 0.00287. The molecule has 1 aromatic heterocycles. The first-order valence-electron chi connectivity index (χ1n) is 6.48. The van der Waals surface area contributed by atoms with Crippen LogP contribution in [0.3, 0.4) is 0 Å². The van der Waals surface area contributed by atoms with Crippen LogP contribution in [0.1, 0.15) is 39.7 Å². The molecule has 0 radical (unpaired) electrons. The molecule has 1 aromatic carbocycles. The van der Waals surface area contributed by atoms with Gasteiger partial charge in [-0.25, -0.2) is 0 Å². The van der Waals surface area contributed by atoms with E-state index in [1.54, 1.807) is 0 Å². The minimum atomic E-state index is 0.00287. The molecule has 1 unspecified atom stereocenters. The molecule has 0 spiro atoms. The summed E-state index contributed by atoms with van der Waals surface area (Å²) in [4.78, 5) is 13.1. The van der Waals surface area contributed by atoms with Crippen LogP contribution in [0.15, 0.2) is 38.6 Å². The van der Waals surface area contributed by atoms with Gasteiger partial charge in [0.05, 0.1) is 14.7 Å². The number of carbonyl (C=O) groups is 1. The first-order chi connectivity index (χ1) is 9.65. The van der Waals surface area contributed by atoms with Gasteiger partial charge in [0, 0.05) is 4.47 Å². The molecule has 1 aliphatic carbocycles. The van der Waals surface area contributed by atoms with E-state index in [0.29, 0.717) is 0 Å². The van der Waals surface area contributed by atoms with Gasteiger partial charge in [-0.05, 0) is 68.3 Å². The maximum atomic E-state index is 12.3. The van der Waals surface area contributed by atoms with Gasteiger partial charge in [-0.3, -0.25) is 4.79 Å². The minimum Gasteiger partial charge on any atom is -0.345 e. The number of halogens is 2. The molecular weight excluding hydrogens is 402 g/mol. The Bertz CT molecular complexity index is 634. The zero-order chi connectivity index (χ0) is 14.1. The van der Waals surface area contributed by atoms with Crippen LogP contribution >= 0.6 is 43.2 Å². The van der Waals surface area contributed by atoms with Crippen LogP contribution in [-0.4, -0.2) is 5.91 Å². The Hall–Kier alpha value is -0.650. The maximum absolute atomic E-state index is 12.3. The lowest BCUT2D eigenvalue weighted by Gasteiger charge is -2.26.